The Balaban J connectivity index is 1.57. The number of aryl methyl sites for hydroxylation is 2. The van der Waals surface area contributed by atoms with Crippen LogP contribution < -0.4 is 10.9 Å². The number of anilines is 1. The van der Waals surface area contributed by atoms with Crippen molar-refractivity contribution in [1.82, 2.24) is 14.8 Å². The fourth-order valence-electron chi connectivity index (χ4n) is 3.58. The molecule has 0 spiro atoms. The van der Waals surface area contributed by atoms with Crippen molar-refractivity contribution in [2.24, 2.45) is 7.05 Å². The molecule has 7 nitrogen and oxygen atoms in total. The van der Waals surface area contributed by atoms with E-state index in [9.17, 15) is 9.59 Å². The third kappa shape index (κ3) is 2.76. The molecule has 1 aromatic carbocycles. The van der Waals surface area contributed by atoms with Crippen molar-refractivity contribution in [3.8, 4) is 0 Å². The number of nitrogens with zero attached hydrogens (tertiary/aromatic N) is 3. The Morgan fingerprint density at radius 2 is 2.04 bits per heavy atom. The zero-order valence-corrected chi connectivity index (χ0v) is 15.5. The van der Waals surface area contributed by atoms with E-state index < -0.39 is 5.63 Å². The Labute approximate surface area is 160 Å². The van der Waals surface area contributed by atoms with Crippen LogP contribution in [0.25, 0.3) is 22.0 Å². The molecule has 7 heteroatoms. The van der Waals surface area contributed by atoms with Gasteiger partial charge in [-0.3, -0.25) is 9.48 Å². The molecule has 0 radical (unpaired) electrons. The number of carbonyl (C=O) groups excluding carboxylic acids is 1. The van der Waals surface area contributed by atoms with E-state index in [1.165, 1.54) is 6.07 Å². The Bertz CT molecular complexity index is 1310. The SMILES string of the molecule is Cc1nn(C)c2nc(C3CC3)cc(C(=O)Nc3ccc4oc(=O)ccc4c3)c12. The van der Waals surface area contributed by atoms with Gasteiger partial charge in [-0.2, -0.15) is 5.10 Å². The Hall–Kier alpha value is -3.48. The van der Waals surface area contributed by atoms with E-state index in [1.54, 1.807) is 28.9 Å². The topological polar surface area (TPSA) is 90.0 Å². The molecule has 1 N–H and O–H groups in total. The molecule has 3 heterocycles. The van der Waals surface area contributed by atoms with Gasteiger partial charge in [0.2, 0.25) is 0 Å². The zero-order chi connectivity index (χ0) is 19.4. The second-order valence-electron chi connectivity index (χ2n) is 7.24. The van der Waals surface area contributed by atoms with E-state index in [2.05, 4.69) is 10.4 Å². The van der Waals surface area contributed by atoms with Crippen LogP contribution in [0, 0.1) is 6.92 Å². The second-order valence-corrected chi connectivity index (χ2v) is 7.24. The van der Waals surface area contributed by atoms with Crippen LogP contribution in [0.1, 0.15) is 40.5 Å². The maximum atomic E-state index is 13.1. The molecule has 1 aliphatic carbocycles. The molecule has 0 bridgehead atoms. The van der Waals surface area contributed by atoms with Gasteiger partial charge in [0, 0.05) is 35.8 Å². The monoisotopic (exact) mass is 374 g/mol. The highest BCUT2D eigenvalue weighted by Gasteiger charge is 2.28. The first kappa shape index (κ1) is 16.7. The van der Waals surface area contributed by atoms with Crippen molar-refractivity contribution in [2.75, 3.05) is 5.32 Å². The Kier molecular flexibility index (Phi) is 3.58. The summed E-state index contributed by atoms with van der Waals surface area (Å²) in [6.45, 7) is 1.88. The molecule has 1 saturated carbocycles. The van der Waals surface area contributed by atoms with Gasteiger partial charge in [-0.05, 0) is 50.1 Å². The van der Waals surface area contributed by atoms with Gasteiger partial charge in [0.1, 0.15) is 5.58 Å². The van der Waals surface area contributed by atoms with Gasteiger partial charge in [0.15, 0.2) is 5.65 Å². The normalized spacial score (nSPS) is 13.9. The maximum absolute atomic E-state index is 13.1. The molecule has 140 valence electrons. The summed E-state index contributed by atoms with van der Waals surface area (Å²) in [5.41, 5.74) is 3.74. The molecule has 1 fully saturated rings. The highest BCUT2D eigenvalue weighted by molar-refractivity contribution is 6.13. The molecule has 28 heavy (non-hydrogen) atoms. The van der Waals surface area contributed by atoms with E-state index in [4.69, 9.17) is 9.40 Å². The lowest BCUT2D eigenvalue weighted by Gasteiger charge is -2.09. The predicted octanol–water partition coefficient (Wildman–Crippen LogP) is 3.51. The quantitative estimate of drug-likeness (QED) is 0.554. The molecule has 0 saturated heterocycles. The molecule has 4 aromatic rings. The first-order valence-electron chi connectivity index (χ1n) is 9.19. The van der Waals surface area contributed by atoms with Crippen molar-refractivity contribution in [1.29, 1.82) is 0 Å². The minimum atomic E-state index is -0.400. The molecule has 1 aliphatic rings. The number of carbonyl (C=O) groups is 1. The van der Waals surface area contributed by atoms with Crippen LogP contribution in [0.15, 0.2) is 45.6 Å². The zero-order valence-electron chi connectivity index (χ0n) is 15.5. The van der Waals surface area contributed by atoms with Crippen molar-refractivity contribution >= 4 is 33.6 Å². The second kappa shape index (κ2) is 6.02. The third-order valence-corrected chi connectivity index (χ3v) is 5.11. The number of nitrogens with one attached hydrogen (secondary N) is 1. The van der Waals surface area contributed by atoms with Crippen molar-refractivity contribution in [2.45, 2.75) is 25.7 Å². The molecule has 0 atom stereocenters. The summed E-state index contributed by atoms with van der Waals surface area (Å²) >= 11 is 0. The van der Waals surface area contributed by atoms with E-state index >= 15 is 0 Å². The maximum Gasteiger partial charge on any atom is 0.336 e. The van der Waals surface area contributed by atoms with Gasteiger partial charge in [0.25, 0.3) is 5.91 Å². The van der Waals surface area contributed by atoms with Crippen molar-refractivity contribution in [3.05, 3.63) is 63.8 Å². The fourth-order valence-corrected chi connectivity index (χ4v) is 3.58. The molecule has 5 rings (SSSR count). The van der Waals surface area contributed by atoms with E-state index in [0.29, 0.717) is 22.8 Å². The summed E-state index contributed by atoms with van der Waals surface area (Å²) < 4.78 is 6.87. The van der Waals surface area contributed by atoms with Gasteiger partial charge < -0.3 is 9.73 Å². The van der Waals surface area contributed by atoms with E-state index in [-0.39, 0.29) is 5.91 Å². The Morgan fingerprint density at radius 3 is 2.82 bits per heavy atom. The van der Waals surface area contributed by atoms with Crippen molar-refractivity contribution < 1.29 is 9.21 Å². The molecule has 1 amide bonds. The van der Waals surface area contributed by atoms with Crippen LogP contribution in [0.3, 0.4) is 0 Å². The highest BCUT2D eigenvalue weighted by atomic mass is 16.4. The number of fused-ring (bicyclic) bond motifs is 2. The third-order valence-electron chi connectivity index (χ3n) is 5.11. The predicted molar refractivity (Wildman–Crippen MR) is 106 cm³/mol. The number of benzene rings is 1. The number of pyridine rings is 1. The van der Waals surface area contributed by atoms with Gasteiger partial charge in [-0.15, -0.1) is 0 Å². The minimum absolute atomic E-state index is 0.206. The van der Waals surface area contributed by atoms with Crippen LogP contribution in [0.2, 0.25) is 0 Å². The lowest BCUT2D eigenvalue weighted by Crippen LogP contribution is -2.13. The smallest absolute Gasteiger partial charge is 0.336 e. The van der Waals surface area contributed by atoms with Crippen molar-refractivity contribution in [3.63, 3.8) is 0 Å². The summed E-state index contributed by atoms with van der Waals surface area (Å²) in [6, 6.07) is 10.1. The number of rotatable bonds is 3. The van der Waals surface area contributed by atoms with Crippen LogP contribution in [0.4, 0.5) is 5.69 Å². The average Bonchev–Trinajstić information content (AvgIpc) is 3.48. The van der Waals surface area contributed by atoms with Gasteiger partial charge in [0.05, 0.1) is 16.6 Å². The summed E-state index contributed by atoms with van der Waals surface area (Å²) in [6.07, 6.45) is 2.21. The van der Waals surface area contributed by atoms with Crippen LogP contribution in [0.5, 0.6) is 0 Å². The Morgan fingerprint density at radius 1 is 1.21 bits per heavy atom. The van der Waals surface area contributed by atoms with E-state index in [0.717, 1.165) is 40.6 Å². The average molecular weight is 374 g/mol. The fraction of sp³-hybridized carbons (Fsp3) is 0.238. The molecular weight excluding hydrogens is 356 g/mol. The summed E-state index contributed by atoms with van der Waals surface area (Å²) in [4.78, 5) is 29.2. The number of hydrogen-bond donors (Lipinski definition) is 1. The van der Waals surface area contributed by atoms with Crippen LogP contribution in [-0.2, 0) is 7.05 Å². The van der Waals surface area contributed by atoms with Gasteiger partial charge in [-0.25, -0.2) is 9.78 Å². The van der Waals surface area contributed by atoms with Crippen LogP contribution >= 0.6 is 0 Å². The standard InChI is InChI=1S/C21H18N4O3/c1-11-19-15(10-16(12-3-4-12)23-20(19)25(2)24-11)21(27)22-14-6-7-17-13(9-14)5-8-18(26)28-17/h5-10,12H,3-4H2,1-2H3,(H,22,27). The summed E-state index contributed by atoms with van der Waals surface area (Å²) in [5, 5.41) is 8.92. The first-order chi connectivity index (χ1) is 13.5. The first-order valence-corrected chi connectivity index (χ1v) is 9.19. The molecule has 0 unspecified atom stereocenters. The van der Waals surface area contributed by atoms with Crippen LogP contribution in [-0.4, -0.2) is 20.7 Å². The summed E-state index contributed by atoms with van der Waals surface area (Å²) in [7, 11) is 1.85. The largest absolute Gasteiger partial charge is 0.423 e. The minimum Gasteiger partial charge on any atom is -0.423 e. The molecule has 0 aliphatic heterocycles. The summed E-state index contributed by atoms with van der Waals surface area (Å²) in [5.74, 6) is 0.219. The van der Waals surface area contributed by atoms with E-state index in [1.807, 2.05) is 20.0 Å². The molecule has 3 aromatic heterocycles. The highest BCUT2D eigenvalue weighted by Crippen LogP contribution is 2.40. The van der Waals surface area contributed by atoms with Gasteiger partial charge >= 0.3 is 5.63 Å². The number of aromatic nitrogens is 3. The van der Waals surface area contributed by atoms with Gasteiger partial charge in [-0.1, -0.05) is 0 Å². The lowest BCUT2D eigenvalue weighted by molar-refractivity contribution is 0.102. The molecular formula is C21H18N4O3. The number of amides is 1. The number of hydrogen-bond acceptors (Lipinski definition) is 5. The lowest BCUT2D eigenvalue weighted by atomic mass is 10.1.